The normalized spacial score (nSPS) is 35.2. The molecule has 2 aliphatic rings. The average molecular weight is 345 g/mol. The van der Waals surface area contributed by atoms with Crippen LogP contribution in [0.3, 0.4) is 0 Å². The van der Waals surface area contributed by atoms with Gasteiger partial charge in [0.05, 0.1) is 12.2 Å². The zero-order chi connectivity index (χ0) is 18.2. The first-order valence-electron chi connectivity index (χ1n) is 9.55. The van der Waals surface area contributed by atoms with Crippen molar-refractivity contribution in [1.82, 2.24) is 5.32 Å². The van der Waals surface area contributed by atoms with Crippen LogP contribution in [0.4, 0.5) is 0 Å². The van der Waals surface area contributed by atoms with Crippen LogP contribution in [0.1, 0.15) is 65.0 Å². The minimum Gasteiger partial charge on any atom is -0.508 e. The Bertz CT molecular complexity index is 629. The lowest BCUT2D eigenvalue weighted by Gasteiger charge is -2.52. The van der Waals surface area contributed by atoms with Gasteiger partial charge in [0.1, 0.15) is 5.75 Å². The molecule has 0 bridgehead atoms. The largest absolute Gasteiger partial charge is 0.508 e. The van der Waals surface area contributed by atoms with Gasteiger partial charge in [-0.2, -0.15) is 0 Å². The van der Waals surface area contributed by atoms with E-state index >= 15 is 0 Å². The Morgan fingerprint density at radius 2 is 2.12 bits per heavy atom. The lowest BCUT2D eigenvalue weighted by molar-refractivity contribution is -0.155. The SMILES string of the molecule is CC(C)C(=O)N[C@@]1(C)C[C@H](c2cccc(O)c2)O[C@@H]2C[C@H](C)CC[C@H]21. The van der Waals surface area contributed by atoms with E-state index < -0.39 is 0 Å². The minimum atomic E-state index is -0.277. The number of carbonyl (C=O) groups excluding carboxylic acids is 1. The van der Waals surface area contributed by atoms with Crippen molar-refractivity contribution in [3.63, 3.8) is 0 Å². The van der Waals surface area contributed by atoms with Crippen LogP contribution >= 0.6 is 0 Å². The summed E-state index contributed by atoms with van der Waals surface area (Å²) in [6, 6.07) is 7.31. The van der Waals surface area contributed by atoms with E-state index in [9.17, 15) is 9.90 Å². The van der Waals surface area contributed by atoms with Crippen molar-refractivity contribution >= 4 is 5.91 Å². The van der Waals surface area contributed by atoms with Crippen LogP contribution in [-0.4, -0.2) is 22.7 Å². The molecule has 0 spiro atoms. The van der Waals surface area contributed by atoms with E-state index in [1.54, 1.807) is 12.1 Å². The fourth-order valence-corrected chi connectivity index (χ4v) is 4.49. The van der Waals surface area contributed by atoms with E-state index in [1.807, 2.05) is 26.0 Å². The second kappa shape index (κ2) is 6.99. The maximum absolute atomic E-state index is 12.5. The molecule has 1 aromatic carbocycles. The number of fused-ring (bicyclic) bond motifs is 1. The van der Waals surface area contributed by atoms with Crippen LogP contribution in [0.15, 0.2) is 24.3 Å². The van der Waals surface area contributed by atoms with Crippen molar-refractivity contribution in [1.29, 1.82) is 0 Å². The quantitative estimate of drug-likeness (QED) is 0.863. The second-order valence-electron chi connectivity index (χ2n) is 8.55. The van der Waals surface area contributed by atoms with Crippen molar-refractivity contribution in [3.8, 4) is 5.75 Å². The predicted molar refractivity (Wildman–Crippen MR) is 98.2 cm³/mol. The third-order valence-corrected chi connectivity index (χ3v) is 6.00. The van der Waals surface area contributed by atoms with Gasteiger partial charge in [-0.1, -0.05) is 39.3 Å². The Labute approximate surface area is 151 Å². The highest BCUT2D eigenvalue weighted by Crippen LogP contribution is 2.48. The molecule has 1 aliphatic carbocycles. The standard InChI is InChI=1S/C21H31NO3/c1-13(2)20(24)22-21(4)12-19(15-6-5-7-16(23)11-15)25-18-10-14(3)8-9-17(18)21/h5-7,11,13-14,17-19,23H,8-10,12H2,1-4H3,(H,22,24)/t14-,17-,18-,19-,21+/m1/s1. The number of aromatic hydroxyl groups is 1. The molecule has 0 aromatic heterocycles. The third-order valence-electron chi connectivity index (χ3n) is 6.00. The van der Waals surface area contributed by atoms with Crippen molar-refractivity contribution in [2.75, 3.05) is 0 Å². The van der Waals surface area contributed by atoms with E-state index in [4.69, 9.17) is 4.74 Å². The smallest absolute Gasteiger partial charge is 0.222 e. The molecule has 25 heavy (non-hydrogen) atoms. The molecule has 1 heterocycles. The molecular formula is C21H31NO3. The van der Waals surface area contributed by atoms with Crippen LogP contribution in [0.5, 0.6) is 5.75 Å². The summed E-state index contributed by atoms with van der Waals surface area (Å²) >= 11 is 0. The van der Waals surface area contributed by atoms with Crippen LogP contribution in [0.2, 0.25) is 0 Å². The maximum atomic E-state index is 12.5. The number of phenolic OH excluding ortho intramolecular Hbond substituents is 1. The number of hydrogen-bond donors (Lipinski definition) is 2. The first kappa shape index (κ1) is 18.2. The van der Waals surface area contributed by atoms with Gasteiger partial charge in [0, 0.05) is 23.8 Å². The molecule has 1 amide bonds. The van der Waals surface area contributed by atoms with E-state index in [0.717, 1.165) is 24.8 Å². The van der Waals surface area contributed by atoms with Crippen LogP contribution < -0.4 is 5.32 Å². The summed E-state index contributed by atoms with van der Waals surface area (Å²) in [5.74, 6) is 1.33. The fourth-order valence-electron chi connectivity index (χ4n) is 4.49. The number of ether oxygens (including phenoxy) is 1. The van der Waals surface area contributed by atoms with Gasteiger partial charge >= 0.3 is 0 Å². The summed E-state index contributed by atoms with van der Waals surface area (Å²) in [4.78, 5) is 12.5. The number of carbonyl (C=O) groups is 1. The highest BCUT2D eigenvalue weighted by atomic mass is 16.5. The zero-order valence-corrected chi connectivity index (χ0v) is 15.8. The molecule has 4 nitrogen and oxygen atoms in total. The Balaban J connectivity index is 1.89. The zero-order valence-electron chi connectivity index (χ0n) is 15.8. The Hall–Kier alpha value is -1.55. The lowest BCUT2D eigenvalue weighted by Crippen LogP contribution is -2.61. The van der Waals surface area contributed by atoms with E-state index in [0.29, 0.717) is 11.8 Å². The summed E-state index contributed by atoms with van der Waals surface area (Å²) in [7, 11) is 0. The van der Waals surface area contributed by atoms with Crippen LogP contribution in [0.25, 0.3) is 0 Å². The molecule has 1 saturated heterocycles. The van der Waals surface area contributed by atoms with Gasteiger partial charge in [0.2, 0.25) is 5.91 Å². The predicted octanol–water partition coefficient (Wildman–Crippen LogP) is 4.19. The Morgan fingerprint density at radius 1 is 1.36 bits per heavy atom. The number of benzene rings is 1. The molecule has 1 aliphatic heterocycles. The van der Waals surface area contributed by atoms with Crippen molar-refractivity contribution < 1.29 is 14.6 Å². The third kappa shape index (κ3) is 3.84. The average Bonchev–Trinajstić information content (AvgIpc) is 2.53. The van der Waals surface area contributed by atoms with E-state index in [1.165, 1.54) is 6.42 Å². The monoisotopic (exact) mass is 345 g/mol. The first-order valence-corrected chi connectivity index (χ1v) is 9.55. The molecule has 1 aromatic rings. The van der Waals surface area contributed by atoms with Gasteiger partial charge < -0.3 is 15.2 Å². The summed E-state index contributed by atoms with van der Waals surface area (Å²) in [6.07, 6.45) is 4.11. The number of hydrogen-bond acceptors (Lipinski definition) is 3. The first-order chi connectivity index (χ1) is 11.8. The van der Waals surface area contributed by atoms with Gasteiger partial charge in [-0.3, -0.25) is 4.79 Å². The molecular weight excluding hydrogens is 314 g/mol. The lowest BCUT2D eigenvalue weighted by atomic mass is 9.66. The molecule has 3 rings (SSSR count). The molecule has 2 fully saturated rings. The summed E-state index contributed by atoms with van der Waals surface area (Å²) < 4.78 is 6.48. The van der Waals surface area contributed by atoms with Crippen molar-refractivity contribution in [2.24, 2.45) is 17.8 Å². The van der Waals surface area contributed by atoms with Crippen LogP contribution in [-0.2, 0) is 9.53 Å². The molecule has 4 heteroatoms. The number of phenols is 1. The van der Waals surface area contributed by atoms with E-state index in [-0.39, 0.29) is 35.3 Å². The molecule has 2 N–H and O–H groups in total. The van der Waals surface area contributed by atoms with Crippen molar-refractivity contribution in [3.05, 3.63) is 29.8 Å². The highest BCUT2D eigenvalue weighted by Gasteiger charge is 2.49. The minimum absolute atomic E-state index is 0.0279. The molecule has 138 valence electrons. The van der Waals surface area contributed by atoms with Gasteiger partial charge in [-0.15, -0.1) is 0 Å². The fraction of sp³-hybridized carbons (Fsp3) is 0.667. The maximum Gasteiger partial charge on any atom is 0.222 e. The Kier molecular flexibility index (Phi) is 5.10. The summed E-state index contributed by atoms with van der Waals surface area (Å²) in [5.41, 5.74) is 0.710. The molecule has 5 atom stereocenters. The van der Waals surface area contributed by atoms with Crippen molar-refractivity contribution in [2.45, 2.75) is 71.1 Å². The van der Waals surface area contributed by atoms with Gasteiger partial charge in [0.15, 0.2) is 0 Å². The van der Waals surface area contributed by atoms with E-state index in [2.05, 4.69) is 19.2 Å². The van der Waals surface area contributed by atoms with Gasteiger partial charge in [-0.05, 0) is 43.4 Å². The summed E-state index contributed by atoms with van der Waals surface area (Å²) in [6.45, 7) is 8.33. The van der Waals surface area contributed by atoms with Gasteiger partial charge in [-0.25, -0.2) is 0 Å². The topological polar surface area (TPSA) is 58.6 Å². The second-order valence-corrected chi connectivity index (χ2v) is 8.55. The van der Waals surface area contributed by atoms with Gasteiger partial charge in [0.25, 0.3) is 0 Å². The molecule has 1 saturated carbocycles. The molecule has 0 unspecified atom stereocenters. The summed E-state index contributed by atoms with van der Waals surface area (Å²) in [5, 5.41) is 13.2. The molecule has 0 radical (unpaired) electrons. The Morgan fingerprint density at radius 3 is 2.80 bits per heavy atom. The number of nitrogens with one attached hydrogen (secondary N) is 1. The van der Waals surface area contributed by atoms with Crippen LogP contribution in [0, 0.1) is 17.8 Å². The number of amides is 1. The number of rotatable bonds is 3. The highest BCUT2D eigenvalue weighted by molar-refractivity contribution is 5.78.